The van der Waals surface area contributed by atoms with Crippen molar-refractivity contribution >= 4 is 23.5 Å². The van der Waals surface area contributed by atoms with Gasteiger partial charge in [-0.3, -0.25) is 0 Å². The SMILES string of the molecule is Nn1c(SCc2ccccc2)nnc1SCc1cc(-c2ccccc2)on1. The lowest BCUT2D eigenvalue weighted by molar-refractivity contribution is 0.426. The number of benzene rings is 2. The van der Waals surface area contributed by atoms with Crippen molar-refractivity contribution < 1.29 is 4.52 Å². The van der Waals surface area contributed by atoms with Gasteiger partial charge in [-0.25, -0.2) is 4.68 Å². The molecule has 0 unspecified atom stereocenters. The molecule has 136 valence electrons. The minimum atomic E-state index is 0.606. The average molecular weight is 396 g/mol. The molecule has 0 spiro atoms. The van der Waals surface area contributed by atoms with Crippen LogP contribution in [0.4, 0.5) is 0 Å². The first-order valence-electron chi connectivity index (χ1n) is 8.30. The molecule has 0 amide bonds. The van der Waals surface area contributed by atoms with E-state index >= 15 is 0 Å². The quantitative estimate of drug-likeness (QED) is 0.370. The summed E-state index contributed by atoms with van der Waals surface area (Å²) in [6, 6.07) is 22.0. The molecule has 0 aliphatic heterocycles. The topological polar surface area (TPSA) is 82.8 Å². The molecule has 0 aliphatic carbocycles. The predicted octanol–water partition coefficient (Wildman–Crippen LogP) is 4.23. The van der Waals surface area contributed by atoms with Crippen LogP contribution in [0.5, 0.6) is 0 Å². The summed E-state index contributed by atoms with van der Waals surface area (Å²) in [5, 5.41) is 13.8. The Morgan fingerprint density at radius 3 is 2.19 bits per heavy atom. The van der Waals surface area contributed by atoms with Crippen LogP contribution < -0.4 is 5.84 Å². The third-order valence-electron chi connectivity index (χ3n) is 3.81. The summed E-state index contributed by atoms with van der Waals surface area (Å²) in [5.41, 5.74) is 3.05. The first kappa shape index (κ1) is 17.7. The Balaban J connectivity index is 1.36. The van der Waals surface area contributed by atoms with Gasteiger partial charge >= 0.3 is 0 Å². The van der Waals surface area contributed by atoms with Gasteiger partial charge in [0.2, 0.25) is 10.3 Å². The number of aromatic nitrogens is 4. The summed E-state index contributed by atoms with van der Waals surface area (Å²) >= 11 is 3.04. The Morgan fingerprint density at radius 1 is 0.852 bits per heavy atom. The zero-order valence-corrected chi connectivity index (χ0v) is 16.0. The van der Waals surface area contributed by atoms with Gasteiger partial charge in [0.1, 0.15) is 0 Å². The lowest BCUT2D eigenvalue weighted by Gasteiger charge is -2.02. The van der Waals surface area contributed by atoms with E-state index < -0.39 is 0 Å². The fourth-order valence-corrected chi connectivity index (χ4v) is 4.05. The summed E-state index contributed by atoms with van der Waals surface area (Å²) in [6.07, 6.45) is 0. The van der Waals surface area contributed by atoms with E-state index in [0.29, 0.717) is 16.1 Å². The molecule has 4 aromatic rings. The van der Waals surface area contributed by atoms with Crippen LogP contribution in [0.15, 0.2) is 81.6 Å². The second kappa shape index (κ2) is 8.32. The van der Waals surface area contributed by atoms with E-state index in [0.717, 1.165) is 22.8 Å². The number of hydrogen-bond acceptors (Lipinski definition) is 7. The first-order chi connectivity index (χ1) is 13.3. The highest BCUT2D eigenvalue weighted by atomic mass is 32.2. The van der Waals surface area contributed by atoms with Crippen molar-refractivity contribution in [2.75, 3.05) is 5.84 Å². The molecule has 0 atom stereocenters. The summed E-state index contributed by atoms with van der Waals surface area (Å²) in [6.45, 7) is 0. The summed E-state index contributed by atoms with van der Waals surface area (Å²) in [4.78, 5) is 0. The molecule has 2 heterocycles. The van der Waals surface area contributed by atoms with Gasteiger partial charge in [0.05, 0.1) is 5.69 Å². The highest BCUT2D eigenvalue weighted by Gasteiger charge is 2.13. The molecule has 0 bridgehead atoms. The molecule has 4 rings (SSSR count). The van der Waals surface area contributed by atoms with Gasteiger partial charge in [-0.1, -0.05) is 89.3 Å². The standard InChI is InChI=1S/C19H17N5OS2/c20-24-18(26-12-14-7-3-1-4-8-14)21-22-19(24)27-13-16-11-17(25-23-16)15-9-5-2-6-10-15/h1-11H,12-13,20H2. The van der Waals surface area contributed by atoms with Gasteiger partial charge in [0.25, 0.3) is 0 Å². The fourth-order valence-electron chi connectivity index (χ4n) is 2.44. The molecule has 0 saturated carbocycles. The van der Waals surface area contributed by atoms with Crippen molar-refractivity contribution in [1.82, 2.24) is 20.0 Å². The zero-order valence-electron chi connectivity index (χ0n) is 14.4. The number of hydrogen-bond donors (Lipinski definition) is 1. The van der Waals surface area contributed by atoms with E-state index in [9.17, 15) is 0 Å². The van der Waals surface area contributed by atoms with Crippen LogP contribution >= 0.6 is 23.5 Å². The minimum Gasteiger partial charge on any atom is -0.356 e. The Labute approximate surface area is 165 Å². The number of nitrogens with zero attached hydrogens (tertiary/aromatic N) is 4. The van der Waals surface area contributed by atoms with Gasteiger partial charge in [0.15, 0.2) is 5.76 Å². The molecule has 6 nitrogen and oxygen atoms in total. The lowest BCUT2D eigenvalue weighted by Crippen LogP contribution is -2.11. The van der Waals surface area contributed by atoms with E-state index in [1.807, 2.05) is 54.6 Å². The van der Waals surface area contributed by atoms with Crippen LogP contribution in [0.25, 0.3) is 11.3 Å². The summed E-state index contributed by atoms with van der Waals surface area (Å²) < 4.78 is 6.94. The van der Waals surface area contributed by atoms with E-state index in [4.69, 9.17) is 10.4 Å². The van der Waals surface area contributed by atoms with Crippen molar-refractivity contribution in [3.05, 3.63) is 78.0 Å². The maximum Gasteiger partial charge on any atom is 0.210 e. The molecule has 27 heavy (non-hydrogen) atoms. The van der Waals surface area contributed by atoms with Crippen molar-refractivity contribution in [2.24, 2.45) is 0 Å². The lowest BCUT2D eigenvalue weighted by atomic mass is 10.2. The number of nitrogens with two attached hydrogens (primary N) is 1. The van der Waals surface area contributed by atoms with Crippen molar-refractivity contribution in [1.29, 1.82) is 0 Å². The third kappa shape index (κ3) is 4.35. The molecular formula is C19H17N5OS2. The summed E-state index contributed by atoms with van der Waals surface area (Å²) in [7, 11) is 0. The maximum atomic E-state index is 6.13. The van der Waals surface area contributed by atoms with Crippen LogP contribution in [0.3, 0.4) is 0 Å². The van der Waals surface area contributed by atoms with E-state index in [-0.39, 0.29) is 0 Å². The fraction of sp³-hybridized carbons (Fsp3) is 0.105. The van der Waals surface area contributed by atoms with E-state index in [2.05, 4.69) is 27.5 Å². The zero-order chi connectivity index (χ0) is 18.5. The Hall–Kier alpha value is -2.71. The molecule has 0 aliphatic rings. The van der Waals surface area contributed by atoms with E-state index in [1.54, 1.807) is 11.8 Å². The normalized spacial score (nSPS) is 11.0. The molecule has 0 radical (unpaired) electrons. The Morgan fingerprint density at radius 2 is 1.48 bits per heavy atom. The summed E-state index contributed by atoms with van der Waals surface area (Å²) in [5.74, 6) is 8.29. The van der Waals surface area contributed by atoms with Crippen LogP contribution in [0, 0.1) is 0 Å². The van der Waals surface area contributed by atoms with Gasteiger partial charge in [-0.2, -0.15) is 0 Å². The molecular weight excluding hydrogens is 378 g/mol. The van der Waals surface area contributed by atoms with Gasteiger partial charge in [-0.15, -0.1) is 10.2 Å². The minimum absolute atomic E-state index is 0.606. The van der Waals surface area contributed by atoms with Crippen molar-refractivity contribution in [2.45, 2.75) is 21.8 Å². The maximum absolute atomic E-state index is 6.13. The van der Waals surface area contributed by atoms with Gasteiger partial charge < -0.3 is 10.4 Å². The molecule has 2 N–H and O–H groups in total. The molecule has 0 saturated heterocycles. The molecule has 2 aromatic carbocycles. The van der Waals surface area contributed by atoms with Crippen LogP contribution in [-0.4, -0.2) is 20.0 Å². The second-order valence-electron chi connectivity index (χ2n) is 5.75. The third-order valence-corrected chi connectivity index (χ3v) is 5.80. The first-order valence-corrected chi connectivity index (χ1v) is 10.3. The Bertz CT molecular complexity index is 1000. The van der Waals surface area contributed by atoms with Gasteiger partial charge in [0, 0.05) is 23.1 Å². The molecule has 0 fully saturated rings. The number of thioether (sulfide) groups is 2. The van der Waals surface area contributed by atoms with Gasteiger partial charge in [-0.05, 0) is 5.56 Å². The smallest absolute Gasteiger partial charge is 0.210 e. The Kier molecular flexibility index (Phi) is 5.45. The van der Waals surface area contributed by atoms with Crippen molar-refractivity contribution in [3.8, 4) is 11.3 Å². The van der Waals surface area contributed by atoms with Crippen LogP contribution in [0.1, 0.15) is 11.3 Å². The number of rotatable bonds is 7. The predicted molar refractivity (Wildman–Crippen MR) is 108 cm³/mol. The van der Waals surface area contributed by atoms with E-state index in [1.165, 1.54) is 22.0 Å². The molecule has 8 heteroatoms. The second-order valence-corrected chi connectivity index (χ2v) is 7.63. The average Bonchev–Trinajstić information content (AvgIpc) is 3.33. The number of nitrogen functional groups attached to an aromatic ring is 1. The monoisotopic (exact) mass is 395 g/mol. The van der Waals surface area contributed by atoms with Crippen LogP contribution in [-0.2, 0) is 11.5 Å². The highest BCUT2D eigenvalue weighted by Crippen LogP contribution is 2.27. The van der Waals surface area contributed by atoms with Crippen LogP contribution in [0.2, 0.25) is 0 Å². The highest BCUT2D eigenvalue weighted by molar-refractivity contribution is 7.99. The largest absolute Gasteiger partial charge is 0.356 e. The molecule has 2 aromatic heterocycles. The van der Waals surface area contributed by atoms with Crippen molar-refractivity contribution in [3.63, 3.8) is 0 Å².